The number of fused-ring (bicyclic) bond motifs is 2. The molecule has 8 heteroatoms. The van der Waals surface area contributed by atoms with Gasteiger partial charge in [0.1, 0.15) is 17.0 Å². The molecule has 0 saturated heterocycles. The number of hydrogen-bond donors (Lipinski definition) is 0. The normalized spacial score (nSPS) is 11.4. The first-order valence-electron chi connectivity index (χ1n) is 7.37. The van der Waals surface area contributed by atoms with Crippen LogP contribution in [-0.2, 0) is 12.8 Å². The van der Waals surface area contributed by atoms with Gasteiger partial charge in [-0.15, -0.1) is 0 Å². The molecule has 4 aromatic heterocycles. The molecule has 4 rings (SSSR count). The van der Waals surface area contributed by atoms with Gasteiger partial charge in [-0.25, -0.2) is 15.0 Å². The molecule has 0 aliphatic carbocycles. The van der Waals surface area contributed by atoms with E-state index in [9.17, 15) is 4.79 Å². The summed E-state index contributed by atoms with van der Waals surface area (Å²) in [5.74, 6) is 0.556. The summed E-state index contributed by atoms with van der Waals surface area (Å²) in [6.07, 6.45) is 3.28. The van der Waals surface area contributed by atoms with Crippen molar-refractivity contribution in [3.63, 3.8) is 0 Å². The Morgan fingerprint density at radius 1 is 1.25 bits per heavy atom. The van der Waals surface area contributed by atoms with Crippen LogP contribution >= 0.6 is 11.8 Å². The summed E-state index contributed by atoms with van der Waals surface area (Å²) >= 11 is 1.52. The second-order valence-corrected chi connectivity index (χ2v) is 6.38. The summed E-state index contributed by atoms with van der Waals surface area (Å²) in [5.41, 5.74) is 2.98. The van der Waals surface area contributed by atoms with Gasteiger partial charge in [0.2, 0.25) is 0 Å². The Kier molecular flexibility index (Phi) is 3.53. The molecule has 0 amide bonds. The lowest BCUT2D eigenvalue weighted by atomic mass is 10.3. The van der Waals surface area contributed by atoms with E-state index < -0.39 is 0 Å². The Bertz CT molecular complexity index is 1120. The zero-order valence-corrected chi connectivity index (χ0v) is 14.0. The lowest BCUT2D eigenvalue weighted by molar-refractivity contribution is 0.784. The number of hydrogen-bond acceptors (Lipinski definition) is 6. The van der Waals surface area contributed by atoms with Crippen LogP contribution in [0.25, 0.3) is 16.7 Å². The van der Waals surface area contributed by atoms with E-state index in [0.717, 1.165) is 27.4 Å². The molecule has 24 heavy (non-hydrogen) atoms. The fraction of sp³-hybridized carbons (Fsp3) is 0.188. The molecule has 0 saturated carbocycles. The fourth-order valence-corrected chi connectivity index (χ4v) is 3.49. The first-order valence-corrected chi connectivity index (χ1v) is 8.36. The smallest absolute Gasteiger partial charge is 0.258 e. The van der Waals surface area contributed by atoms with Gasteiger partial charge in [-0.1, -0.05) is 17.8 Å². The van der Waals surface area contributed by atoms with Gasteiger partial charge in [0.25, 0.3) is 5.56 Å². The van der Waals surface area contributed by atoms with E-state index in [1.807, 2.05) is 32.2 Å². The van der Waals surface area contributed by atoms with E-state index >= 15 is 0 Å². The molecule has 0 radical (unpaired) electrons. The van der Waals surface area contributed by atoms with Crippen LogP contribution in [0.1, 0.15) is 11.4 Å². The van der Waals surface area contributed by atoms with Gasteiger partial charge in [-0.2, -0.15) is 5.10 Å². The zero-order chi connectivity index (χ0) is 16.7. The van der Waals surface area contributed by atoms with E-state index in [-0.39, 0.29) is 5.56 Å². The minimum absolute atomic E-state index is 0.0667. The molecular weight excluding hydrogens is 324 g/mol. The first-order chi connectivity index (χ1) is 11.6. The van der Waals surface area contributed by atoms with E-state index in [0.29, 0.717) is 11.4 Å². The van der Waals surface area contributed by atoms with Crippen molar-refractivity contribution >= 4 is 28.4 Å². The summed E-state index contributed by atoms with van der Waals surface area (Å²) in [7, 11) is 1.85. The minimum Gasteiger partial charge on any atom is -0.269 e. The second-order valence-electron chi connectivity index (χ2n) is 5.42. The van der Waals surface area contributed by atoms with Crippen LogP contribution < -0.4 is 5.56 Å². The largest absolute Gasteiger partial charge is 0.269 e. The van der Waals surface area contributed by atoms with Gasteiger partial charge in [0.05, 0.1) is 17.3 Å². The van der Waals surface area contributed by atoms with Crippen LogP contribution in [-0.4, -0.2) is 29.1 Å². The summed E-state index contributed by atoms with van der Waals surface area (Å²) in [4.78, 5) is 25.4. The Hall–Kier alpha value is -2.74. The molecule has 0 unspecified atom stereocenters. The van der Waals surface area contributed by atoms with Crippen molar-refractivity contribution in [2.45, 2.75) is 17.7 Å². The molecule has 0 fully saturated rings. The first kappa shape index (κ1) is 14.8. The Labute approximate surface area is 141 Å². The molecule has 0 aromatic carbocycles. The fourth-order valence-electron chi connectivity index (χ4n) is 2.64. The van der Waals surface area contributed by atoms with Crippen LogP contribution in [0.5, 0.6) is 0 Å². The molecule has 4 heterocycles. The van der Waals surface area contributed by atoms with Crippen LogP contribution in [0.15, 0.2) is 46.6 Å². The molecule has 7 nitrogen and oxygen atoms in total. The van der Waals surface area contributed by atoms with Gasteiger partial charge in [-0.3, -0.25) is 13.9 Å². The average Bonchev–Trinajstić information content (AvgIpc) is 2.95. The molecule has 4 aromatic rings. The quantitative estimate of drug-likeness (QED) is 0.420. The molecule has 0 spiro atoms. The predicted molar refractivity (Wildman–Crippen MR) is 92.1 cm³/mol. The molecule has 0 N–H and O–H groups in total. The molecule has 0 atom stereocenters. The third kappa shape index (κ3) is 2.44. The highest BCUT2D eigenvalue weighted by atomic mass is 32.2. The maximum Gasteiger partial charge on any atom is 0.258 e. The summed E-state index contributed by atoms with van der Waals surface area (Å²) in [5, 5.41) is 5.94. The van der Waals surface area contributed by atoms with Crippen LogP contribution in [0, 0.1) is 6.92 Å². The van der Waals surface area contributed by atoms with Crippen molar-refractivity contribution in [2.75, 3.05) is 0 Å². The Morgan fingerprint density at radius 3 is 3.00 bits per heavy atom. The lowest BCUT2D eigenvalue weighted by Gasteiger charge is -2.06. The number of nitrogens with zero attached hydrogens (tertiary/aromatic N) is 6. The van der Waals surface area contributed by atoms with Gasteiger partial charge < -0.3 is 0 Å². The van der Waals surface area contributed by atoms with Crippen LogP contribution in [0.3, 0.4) is 0 Å². The molecule has 0 aliphatic heterocycles. The second kappa shape index (κ2) is 5.72. The number of pyridine rings is 1. The Morgan fingerprint density at radius 2 is 2.12 bits per heavy atom. The number of rotatable bonds is 3. The zero-order valence-electron chi connectivity index (χ0n) is 13.2. The average molecular weight is 338 g/mol. The summed E-state index contributed by atoms with van der Waals surface area (Å²) in [6.45, 7) is 1.89. The van der Waals surface area contributed by atoms with Gasteiger partial charge in [0, 0.05) is 24.6 Å². The predicted octanol–water partition coefficient (Wildman–Crippen LogP) is 1.97. The van der Waals surface area contributed by atoms with Crippen molar-refractivity contribution in [3.8, 4) is 0 Å². The standard InChI is InChI=1S/C16H14N6OS/c1-10-4-3-5-13-20-11(6-14(23)22(10)13)8-24-16-12-7-19-21(2)15(12)17-9-18-16/h3-7,9H,8H2,1-2H3. The van der Waals surface area contributed by atoms with E-state index in [2.05, 4.69) is 20.1 Å². The highest BCUT2D eigenvalue weighted by Crippen LogP contribution is 2.26. The van der Waals surface area contributed by atoms with E-state index in [1.54, 1.807) is 21.3 Å². The van der Waals surface area contributed by atoms with Crippen LogP contribution in [0.4, 0.5) is 0 Å². The molecular formula is C16H14N6OS. The van der Waals surface area contributed by atoms with Crippen molar-refractivity contribution in [1.82, 2.24) is 29.1 Å². The molecule has 0 bridgehead atoms. The monoisotopic (exact) mass is 338 g/mol. The van der Waals surface area contributed by atoms with Gasteiger partial charge in [0.15, 0.2) is 5.65 Å². The van der Waals surface area contributed by atoms with Crippen molar-refractivity contribution in [2.24, 2.45) is 7.05 Å². The third-order valence-corrected chi connectivity index (χ3v) is 4.82. The SMILES string of the molecule is Cc1cccc2nc(CSc3ncnc4c3cnn4C)cc(=O)n12. The molecule has 0 aliphatic rings. The van der Waals surface area contributed by atoms with E-state index in [4.69, 9.17) is 0 Å². The van der Waals surface area contributed by atoms with Crippen molar-refractivity contribution in [1.29, 1.82) is 0 Å². The highest BCUT2D eigenvalue weighted by Gasteiger charge is 2.10. The highest BCUT2D eigenvalue weighted by molar-refractivity contribution is 7.98. The maximum atomic E-state index is 12.3. The number of aromatic nitrogens is 6. The lowest BCUT2D eigenvalue weighted by Crippen LogP contribution is -2.17. The maximum absolute atomic E-state index is 12.3. The minimum atomic E-state index is -0.0667. The molecule has 120 valence electrons. The van der Waals surface area contributed by atoms with Gasteiger partial charge in [-0.05, 0) is 19.1 Å². The van der Waals surface area contributed by atoms with Crippen molar-refractivity contribution < 1.29 is 0 Å². The topological polar surface area (TPSA) is 78.0 Å². The summed E-state index contributed by atoms with van der Waals surface area (Å²) in [6, 6.07) is 7.21. The number of aryl methyl sites for hydroxylation is 2. The van der Waals surface area contributed by atoms with Crippen LogP contribution in [0.2, 0.25) is 0 Å². The third-order valence-electron chi connectivity index (χ3n) is 3.78. The van der Waals surface area contributed by atoms with Crippen molar-refractivity contribution in [3.05, 3.63) is 58.5 Å². The summed E-state index contributed by atoms with van der Waals surface area (Å²) < 4.78 is 3.32. The van der Waals surface area contributed by atoms with Gasteiger partial charge >= 0.3 is 0 Å². The number of thioether (sulfide) groups is 1. The Balaban J connectivity index is 1.68. The van der Waals surface area contributed by atoms with E-state index in [1.165, 1.54) is 18.1 Å².